The van der Waals surface area contributed by atoms with Crippen LogP contribution in [0, 0.1) is 17.7 Å². The highest BCUT2D eigenvalue weighted by Gasteiger charge is 2.63. The number of rotatable bonds is 4. The number of aliphatic hydroxyl groups is 1. The van der Waals surface area contributed by atoms with Gasteiger partial charge in [-0.15, -0.1) is 23.2 Å². The van der Waals surface area contributed by atoms with Gasteiger partial charge in [0.25, 0.3) is 0 Å². The molecule has 0 saturated heterocycles. The highest BCUT2D eigenvalue weighted by atomic mass is 35.5. The standard InChI is InChI=1S/C12H11Cl2FO3/c13-12(14)8(5-16)9(12)6-18-11(17)7-3-1-2-4-10(7)15/h1-4,8-9,16H,5-6H2. The van der Waals surface area contributed by atoms with E-state index in [1.165, 1.54) is 18.2 Å². The number of carbonyl (C=O) groups excluding carboxylic acids is 1. The van der Waals surface area contributed by atoms with E-state index < -0.39 is 16.1 Å². The molecule has 98 valence electrons. The molecule has 2 rings (SSSR count). The molecule has 3 nitrogen and oxygen atoms in total. The summed E-state index contributed by atoms with van der Waals surface area (Å²) in [7, 11) is 0. The second-order valence-corrected chi connectivity index (χ2v) is 5.59. The van der Waals surface area contributed by atoms with E-state index in [4.69, 9.17) is 33.0 Å². The average Bonchev–Trinajstić information content (AvgIpc) is 2.87. The number of esters is 1. The van der Waals surface area contributed by atoms with Crippen molar-refractivity contribution >= 4 is 29.2 Å². The van der Waals surface area contributed by atoms with Crippen LogP contribution in [0.15, 0.2) is 24.3 Å². The Kier molecular flexibility index (Phi) is 3.80. The predicted octanol–water partition coefficient (Wildman–Crippen LogP) is 2.39. The summed E-state index contributed by atoms with van der Waals surface area (Å²) in [5.41, 5.74) is -0.131. The van der Waals surface area contributed by atoms with Crippen molar-refractivity contribution in [1.29, 1.82) is 0 Å². The smallest absolute Gasteiger partial charge is 0.341 e. The zero-order valence-electron chi connectivity index (χ0n) is 9.28. The van der Waals surface area contributed by atoms with Crippen molar-refractivity contribution in [3.8, 4) is 0 Å². The van der Waals surface area contributed by atoms with E-state index in [1.807, 2.05) is 0 Å². The van der Waals surface area contributed by atoms with E-state index in [9.17, 15) is 9.18 Å². The van der Waals surface area contributed by atoms with Gasteiger partial charge in [-0.2, -0.15) is 0 Å². The molecule has 1 saturated carbocycles. The molecule has 1 aromatic rings. The molecule has 6 heteroatoms. The fraction of sp³-hybridized carbons (Fsp3) is 0.417. The molecule has 1 aliphatic carbocycles. The maximum Gasteiger partial charge on any atom is 0.341 e. The van der Waals surface area contributed by atoms with Crippen LogP contribution in [0.2, 0.25) is 0 Å². The minimum Gasteiger partial charge on any atom is -0.462 e. The van der Waals surface area contributed by atoms with Crippen LogP contribution in [0.4, 0.5) is 4.39 Å². The van der Waals surface area contributed by atoms with E-state index in [2.05, 4.69) is 0 Å². The first-order valence-corrected chi connectivity index (χ1v) is 6.14. The highest BCUT2D eigenvalue weighted by molar-refractivity contribution is 6.51. The first-order valence-electron chi connectivity index (χ1n) is 5.38. The van der Waals surface area contributed by atoms with Gasteiger partial charge in [0.15, 0.2) is 0 Å². The van der Waals surface area contributed by atoms with E-state index in [1.54, 1.807) is 6.07 Å². The molecule has 2 unspecified atom stereocenters. The molecular weight excluding hydrogens is 282 g/mol. The van der Waals surface area contributed by atoms with Gasteiger partial charge in [-0.05, 0) is 12.1 Å². The van der Waals surface area contributed by atoms with E-state index in [0.29, 0.717) is 0 Å². The summed E-state index contributed by atoms with van der Waals surface area (Å²) in [5.74, 6) is -2.03. The minimum absolute atomic E-state index is 0.0363. The summed E-state index contributed by atoms with van der Waals surface area (Å²) < 4.78 is 17.2. The molecule has 1 N–H and O–H groups in total. The maximum absolute atomic E-state index is 13.3. The maximum atomic E-state index is 13.3. The largest absolute Gasteiger partial charge is 0.462 e. The monoisotopic (exact) mass is 292 g/mol. The molecular formula is C12H11Cl2FO3. The van der Waals surface area contributed by atoms with E-state index in [0.717, 1.165) is 0 Å². The molecule has 0 aliphatic heterocycles. The van der Waals surface area contributed by atoms with Crippen molar-refractivity contribution in [3.63, 3.8) is 0 Å². The van der Waals surface area contributed by atoms with Crippen LogP contribution in [0.25, 0.3) is 0 Å². The molecule has 0 aromatic heterocycles. The fourth-order valence-corrected chi connectivity index (χ4v) is 2.55. The Labute approximate surface area is 113 Å². The molecule has 1 aliphatic rings. The van der Waals surface area contributed by atoms with Crippen LogP contribution in [0.5, 0.6) is 0 Å². The zero-order valence-corrected chi connectivity index (χ0v) is 10.8. The van der Waals surface area contributed by atoms with Crippen molar-refractivity contribution in [2.45, 2.75) is 4.33 Å². The molecule has 0 radical (unpaired) electrons. The van der Waals surface area contributed by atoms with E-state index in [-0.39, 0.29) is 30.6 Å². The summed E-state index contributed by atoms with van der Waals surface area (Å²) >= 11 is 11.7. The third-order valence-corrected chi connectivity index (χ3v) is 4.17. The van der Waals surface area contributed by atoms with Crippen molar-refractivity contribution in [1.82, 2.24) is 0 Å². The van der Waals surface area contributed by atoms with Gasteiger partial charge in [-0.1, -0.05) is 12.1 Å². The quantitative estimate of drug-likeness (QED) is 0.685. The van der Waals surface area contributed by atoms with E-state index >= 15 is 0 Å². The Hall–Kier alpha value is -0.840. The lowest BCUT2D eigenvalue weighted by atomic mass is 10.2. The number of halogens is 3. The second kappa shape index (κ2) is 5.03. The Balaban J connectivity index is 1.93. The lowest BCUT2D eigenvalue weighted by molar-refractivity contribution is 0.0469. The van der Waals surface area contributed by atoms with Gasteiger partial charge in [0.1, 0.15) is 10.2 Å². The number of benzene rings is 1. The van der Waals surface area contributed by atoms with Gasteiger partial charge in [0, 0.05) is 18.4 Å². The summed E-state index contributed by atoms with van der Waals surface area (Å²) in [6, 6.07) is 5.54. The summed E-state index contributed by atoms with van der Waals surface area (Å²) in [4.78, 5) is 11.6. The van der Waals surface area contributed by atoms with Gasteiger partial charge >= 0.3 is 5.97 Å². The van der Waals surface area contributed by atoms with Gasteiger partial charge in [0.2, 0.25) is 0 Å². The molecule has 1 aromatic carbocycles. The summed E-state index contributed by atoms with van der Waals surface area (Å²) in [6.07, 6.45) is 0. The van der Waals surface area contributed by atoms with Gasteiger partial charge < -0.3 is 9.84 Å². The first-order chi connectivity index (χ1) is 8.48. The van der Waals surface area contributed by atoms with Crippen LogP contribution in [0.1, 0.15) is 10.4 Å². The Morgan fingerprint density at radius 2 is 2.06 bits per heavy atom. The first kappa shape index (κ1) is 13.6. The minimum atomic E-state index is -1.07. The number of alkyl halides is 2. The molecule has 2 atom stereocenters. The molecule has 0 bridgehead atoms. The number of aliphatic hydroxyl groups excluding tert-OH is 1. The van der Waals surface area contributed by atoms with Crippen molar-refractivity contribution in [3.05, 3.63) is 35.6 Å². The van der Waals surface area contributed by atoms with Gasteiger partial charge in [-0.25, -0.2) is 9.18 Å². The number of hydrogen-bond acceptors (Lipinski definition) is 3. The van der Waals surface area contributed by atoms with Gasteiger partial charge in [0.05, 0.1) is 12.2 Å². The van der Waals surface area contributed by atoms with Crippen LogP contribution >= 0.6 is 23.2 Å². The average molecular weight is 293 g/mol. The Bertz CT molecular complexity index is 464. The third kappa shape index (κ3) is 2.46. The van der Waals surface area contributed by atoms with Crippen LogP contribution in [-0.4, -0.2) is 28.6 Å². The number of ether oxygens (including phenoxy) is 1. The molecule has 0 spiro atoms. The molecule has 1 fully saturated rings. The van der Waals surface area contributed by atoms with Crippen LogP contribution in [0.3, 0.4) is 0 Å². The predicted molar refractivity (Wildman–Crippen MR) is 65.2 cm³/mol. The highest BCUT2D eigenvalue weighted by Crippen LogP contribution is 2.58. The van der Waals surface area contributed by atoms with Crippen molar-refractivity contribution < 1.29 is 19.0 Å². The zero-order chi connectivity index (χ0) is 13.3. The van der Waals surface area contributed by atoms with Crippen LogP contribution in [-0.2, 0) is 4.74 Å². The number of carbonyl (C=O) groups is 1. The Morgan fingerprint density at radius 3 is 2.61 bits per heavy atom. The molecule has 0 amide bonds. The normalized spacial score (nSPS) is 24.7. The third-order valence-electron chi connectivity index (χ3n) is 3.05. The lowest BCUT2D eigenvalue weighted by Gasteiger charge is -2.05. The fourth-order valence-electron chi connectivity index (χ4n) is 1.81. The second-order valence-electron chi connectivity index (χ2n) is 4.15. The van der Waals surface area contributed by atoms with Crippen LogP contribution < -0.4 is 0 Å². The molecule has 18 heavy (non-hydrogen) atoms. The molecule has 0 heterocycles. The Morgan fingerprint density at radius 1 is 1.39 bits per heavy atom. The van der Waals surface area contributed by atoms with Crippen molar-refractivity contribution in [2.75, 3.05) is 13.2 Å². The lowest BCUT2D eigenvalue weighted by Crippen LogP contribution is -2.11. The topological polar surface area (TPSA) is 46.5 Å². The number of hydrogen-bond donors (Lipinski definition) is 1. The summed E-state index contributed by atoms with van der Waals surface area (Å²) in [5, 5.41) is 8.97. The summed E-state index contributed by atoms with van der Waals surface area (Å²) in [6.45, 7) is -0.208. The van der Waals surface area contributed by atoms with Gasteiger partial charge in [-0.3, -0.25) is 0 Å². The SMILES string of the molecule is O=C(OCC1C(CO)C1(Cl)Cl)c1ccccc1F. The van der Waals surface area contributed by atoms with Crippen molar-refractivity contribution in [2.24, 2.45) is 11.8 Å².